The molecule has 1 saturated heterocycles. The quantitative estimate of drug-likeness (QED) is 0.796. The van der Waals surface area contributed by atoms with E-state index >= 15 is 0 Å². The summed E-state index contributed by atoms with van der Waals surface area (Å²) < 4.78 is 18.4. The van der Waals surface area contributed by atoms with Gasteiger partial charge < -0.3 is 10.1 Å². The average molecular weight is 385 g/mol. The number of benzene rings is 2. The summed E-state index contributed by atoms with van der Waals surface area (Å²) in [5.41, 5.74) is 3.33. The molecular formula is C22H28FN3O2. The second-order valence-corrected chi connectivity index (χ2v) is 7.27. The van der Waals surface area contributed by atoms with E-state index < -0.39 is 0 Å². The van der Waals surface area contributed by atoms with Crippen molar-refractivity contribution in [3.63, 3.8) is 0 Å². The van der Waals surface area contributed by atoms with Crippen LogP contribution in [-0.4, -0.2) is 55.5 Å². The summed E-state index contributed by atoms with van der Waals surface area (Å²) in [6.07, 6.45) is 0. The molecule has 6 heteroatoms. The summed E-state index contributed by atoms with van der Waals surface area (Å²) in [5.74, 6) is 0.655. The maximum absolute atomic E-state index is 12.9. The number of halogens is 1. The first-order valence-corrected chi connectivity index (χ1v) is 9.63. The number of methoxy groups -OCH3 is 1. The molecule has 3 rings (SSSR count). The zero-order valence-corrected chi connectivity index (χ0v) is 16.6. The molecule has 0 radical (unpaired) electrons. The fourth-order valence-corrected chi connectivity index (χ4v) is 3.44. The molecule has 0 bridgehead atoms. The van der Waals surface area contributed by atoms with E-state index in [2.05, 4.69) is 34.2 Å². The van der Waals surface area contributed by atoms with Gasteiger partial charge in [-0.15, -0.1) is 0 Å². The molecule has 1 N–H and O–H groups in total. The van der Waals surface area contributed by atoms with Crippen molar-refractivity contribution in [1.82, 2.24) is 15.1 Å². The molecule has 1 heterocycles. The van der Waals surface area contributed by atoms with Gasteiger partial charge in [-0.1, -0.05) is 29.8 Å². The molecule has 0 atom stereocenters. The smallest absolute Gasteiger partial charge is 0.234 e. The van der Waals surface area contributed by atoms with Gasteiger partial charge in [-0.25, -0.2) is 4.39 Å². The lowest BCUT2D eigenvalue weighted by atomic mass is 10.1. The summed E-state index contributed by atoms with van der Waals surface area (Å²) >= 11 is 0. The number of nitrogens with one attached hydrogen (secondary N) is 1. The Kier molecular flexibility index (Phi) is 7.01. The maximum atomic E-state index is 12.9. The van der Waals surface area contributed by atoms with Crippen LogP contribution in [0.15, 0.2) is 42.5 Å². The minimum atomic E-state index is -0.267. The Morgan fingerprint density at radius 2 is 1.75 bits per heavy atom. The summed E-state index contributed by atoms with van der Waals surface area (Å²) in [6, 6.07) is 12.4. The van der Waals surface area contributed by atoms with Gasteiger partial charge in [0.15, 0.2) is 0 Å². The van der Waals surface area contributed by atoms with Gasteiger partial charge >= 0.3 is 0 Å². The van der Waals surface area contributed by atoms with Gasteiger partial charge in [0.05, 0.1) is 13.7 Å². The predicted octanol–water partition coefficient (Wildman–Crippen LogP) is 2.58. The predicted molar refractivity (Wildman–Crippen MR) is 108 cm³/mol. The molecule has 1 fully saturated rings. The van der Waals surface area contributed by atoms with E-state index in [1.807, 2.05) is 6.07 Å². The van der Waals surface area contributed by atoms with Crippen molar-refractivity contribution in [2.75, 3.05) is 39.8 Å². The normalized spacial score (nSPS) is 15.4. The van der Waals surface area contributed by atoms with E-state index in [-0.39, 0.29) is 11.7 Å². The van der Waals surface area contributed by atoms with Gasteiger partial charge in [0.1, 0.15) is 11.6 Å². The van der Waals surface area contributed by atoms with E-state index in [4.69, 9.17) is 4.74 Å². The third-order valence-electron chi connectivity index (χ3n) is 5.06. The fourth-order valence-electron chi connectivity index (χ4n) is 3.44. The van der Waals surface area contributed by atoms with Crippen molar-refractivity contribution in [3.05, 3.63) is 65.0 Å². The Hall–Kier alpha value is -2.44. The molecule has 28 heavy (non-hydrogen) atoms. The van der Waals surface area contributed by atoms with E-state index in [1.165, 1.54) is 23.3 Å². The fraction of sp³-hybridized carbons (Fsp3) is 0.409. The number of nitrogens with zero attached hydrogens (tertiary/aromatic N) is 2. The molecule has 150 valence electrons. The summed E-state index contributed by atoms with van der Waals surface area (Å²) in [4.78, 5) is 16.8. The highest BCUT2D eigenvalue weighted by Crippen LogP contribution is 2.22. The number of hydrogen-bond donors (Lipinski definition) is 1. The zero-order chi connectivity index (χ0) is 19.9. The minimum absolute atomic E-state index is 0.00173. The van der Waals surface area contributed by atoms with Crippen LogP contribution in [0, 0.1) is 12.7 Å². The SMILES string of the molecule is COc1ccc(C)cc1CN1CCN(CC(=O)NCc2ccc(F)cc2)CC1. The molecule has 1 aliphatic heterocycles. The molecule has 0 spiro atoms. The lowest BCUT2D eigenvalue weighted by Gasteiger charge is -2.34. The maximum Gasteiger partial charge on any atom is 0.234 e. The molecule has 2 aromatic carbocycles. The van der Waals surface area contributed by atoms with Crippen molar-refractivity contribution in [2.24, 2.45) is 0 Å². The van der Waals surface area contributed by atoms with Gasteiger partial charge in [0.25, 0.3) is 0 Å². The first kappa shape index (κ1) is 20.3. The number of piperazine rings is 1. The molecule has 0 unspecified atom stereocenters. The highest BCUT2D eigenvalue weighted by atomic mass is 19.1. The van der Waals surface area contributed by atoms with Gasteiger partial charge in [0, 0.05) is 44.8 Å². The number of carbonyl (C=O) groups excluding carboxylic acids is 1. The van der Waals surface area contributed by atoms with Crippen LogP contribution in [0.25, 0.3) is 0 Å². The molecule has 1 aliphatic rings. The molecule has 2 aromatic rings. The zero-order valence-electron chi connectivity index (χ0n) is 16.6. The summed E-state index contributed by atoms with van der Waals surface area (Å²) in [7, 11) is 1.71. The van der Waals surface area contributed by atoms with Gasteiger partial charge in [-0.2, -0.15) is 0 Å². The molecule has 0 saturated carbocycles. The average Bonchev–Trinajstić information content (AvgIpc) is 2.69. The molecule has 0 aromatic heterocycles. The third kappa shape index (κ3) is 5.78. The van der Waals surface area contributed by atoms with E-state index in [1.54, 1.807) is 19.2 Å². The first-order valence-electron chi connectivity index (χ1n) is 9.63. The second-order valence-electron chi connectivity index (χ2n) is 7.27. The monoisotopic (exact) mass is 385 g/mol. The Morgan fingerprint density at radius 1 is 1.07 bits per heavy atom. The van der Waals surface area contributed by atoms with Gasteiger partial charge in [-0.05, 0) is 30.7 Å². The highest BCUT2D eigenvalue weighted by Gasteiger charge is 2.20. The standard InChI is InChI=1S/C22H28FN3O2/c1-17-3-8-21(28-2)19(13-17)15-25-9-11-26(12-10-25)16-22(27)24-14-18-4-6-20(23)7-5-18/h3-8,13H,9-12,14-16H2,1-2H3,(H,24,27). The Labute approximate surface area is 166 Å². The molecule has 0 aliphatic carbocycles. The number of hydrogen-bond acceptors (Lipinski definition) is 4. The highest BCUT2D eigenvalue weighted by molar-refractivity contribution is 5.78. The van der Waals surface area contributed by atoms with Crippen LogP contribution in [0.5, 0.6) is 5.75 Å². The molecule has 1 amide bonds. The third-order valence-corrected chi connectivity index (χ3v) is 5.06. The molecule has 5 nitrogen and oxygen atoms in total. The van der Waals surface area contributed by atoms with Gasteiger partial charge in [-0.3, -0.25) is 14.6 Å². The van der Waals surface area contributed by atoms with Crippen LogP contribution in [0.4, 0.5) is 4.39 Å². The number of amides is 1. The Bertz CT molecular complexity index is 787. The van der Waals surface area contributed by atoms with Crippen molar-refractivity contribution in [3.8, 4) is 5.75 Å². The summed E-state index contributed by atoms with van der Waals surface area (Å²) in [6.45, 7) is 7.32. The van der Waals surface area contributed by atoms with Crippen LogP contribution in [0.1, 0.15) is 16.7 Å². The van der Waals surface area contributed by atoms with Crippen LogP contribution >= 0.6 is 0 Å². The van der Waals surface area contributed by atoms with Crippen LogP contribution < -0.4 is 10.1 Å². The number of carbonyl (C=O) groups is 1. The first-order chi connectivity index (χ1) is 13.5. The minimum Gasteiger partial charge on any atom is -0.496 e. The number of ether oxygens (including phenoxy) is 1. The Balaban J connectivity index is 1.42. The van der Waals surface area contributed by atoms with Crippen molar-refractivity contribution >= 4 is 5.91 Å². The number of rotatable bonds is 7. The summed E-state index contributed by atoms with van der Waals surface area (Å²) in [5, 5.41) is 2.90. The largest absolute Gasteiger partial charge is 0.496 e. The van der Waals surface area contributed by atoms with Crippen molar-refractivity contribution < 1.29 is 13.9 Å². The van der Waals surface area contributed by atoms with Crippen LogP contribution in [0.2, 0.25) is 0 Å². The second kappa shape index (κ2) is 9.66. The van der Waals surface area contributed by atoms with E-state index in [9.17, 15) is 9.18 Å². The topological polar surface area (TPSA) is 44.8 Å². The van der Waals surface area contributed by atoms with Crippen LogP contribution in [-0.2, 0) is 17.9 Å². The van der Waals surface area contributed by atoms with Gasteiger partial charge in [0.2, 0.25) is 5.91 Å². The van der Waals surface area contributed by atoms with E-state index in [0.717, 1.165) is 44.0 Å². The number of aryl methyl sites for hydroxylation is 1. The lowest BCUT2D eigenvalue weighted by Crippen LogP contribution is -2.49. The van der Waals surface area contributed by atoms with E-state index in [0.29, 0.717) is 13.1 Å². The van der Waals surface area contributed by atoms with Crippen molar-refractivity contribution in [2.45, 2.75) is 20.0 Å². The Morgan fingerprint density at radius 3 is 2.43 bits per heavy atom. The lowest BCUT2D eigenvalue weighted by molar-refractivity contribution is -0.122. The van der Waals surface area contributed by atoms with Crippen LogP contribution in [0.3, 0.4) is 0 Å². The molecular weight excluding hydrogens is 357 g/mol. The van der Waals surface area contributed by atoms with Crippen molar-refractivity contribution in [1.29, 1.82) is 0 Å².